The second-order valence-corrected chi connectivity index (χ2v) is 4.32. The van der Waals surface area contributed by atoms with Crippen molar-refractivity contribution in [1.82, 2.24) is 10.3 Å². The van der Waals surface area contributed by atoms with E-state index in [1.807, 2.05) is 13.8 Å². The van der Waals surface area contributed by atoms with Crippen LogP contribution in [0.1, 0.15) is 24.2 Å². The smallest absolute Gasteiger partial charge is 0.178 e. The van der Waals surface area contributed by atoms with Gasteiger partial charge in [-0.25, -0.2) is 4.39 Å². The second-order valence-electron chi connectivity index (χ2n) is 4.32. The monoisotopic (exact) mass is 234 g/mol. The summed E-state index contributed by atoms with van der Waals surface area (Å²) in [5.41, 5.74) is 0.924. The van der Waals surface area contributed by atoms with Crippen molar-refractivity contribution in [3.8, 4) is 0 Å². The molecule has 0 unspecified atom stereocenters. The molecule has 17 heavy (non-hydrogen) atoms. The van der Waals surface area contributed by atoms with Gasteiger partial charge in [0.15, 0.2) is 5.78 Å². The topological polar surface area (TPSA) is 44.9 Å². The van der Waals surface area contributed by atoms with Crippen molar-refractivity contribution in [2.45, 2.75) is 19.9 Å². The van der Waals surface area contributed by atoms with Gasteiger partial charge >= 0.3 is 0 Å². The summed E-state index contributed by atoms with van der Waals surface area (Å²) >= 11 is 0. The number of H-pyrrole nitrogens is 1. The Balaban J connectivity index is 2.30. The normalized spacial score (nSPS) is 11.3. The molecule has 2 rings (SSSR count). The first kappa shape index (κ1) is 11.8. The highest BCUT2D eigenvalue weighted by molar-refractivity contribution is 6.08. The zero-order chi connectivity index (χ0) is 12.4. The van der Waals surface area contributed by atoms with Crippen LogP contribution in [0.5, 0.6) is 0 Å². The molecule has 2 aromatic rings. The number of rotatable bonds is 4. The van der Waals surface area contributed by atoms with Gasteiger partial charge in [-0.15, -0.1) is 0 Å². The zero-order valence-corrected chi connectivity index (χ0v) is 9.88. The van der Waals surface area contributed by atoms with Gasteiger partial charge in [0.1, 0.15) is 5.82 Å². The molecule has 1 aromatic carbocycles. The van der Waals surface area contributed by atoms with Crippen LogP contribution in [0.25, 0.3) is 10.9 Å². The summed E-state index contributed by atoms with van der Waals surface area (Å²) in [4.78, 5) is 14.7. The fourth-order valence-corrected chi connectivity index (χ4v) is 1.74. The lowest BCUT2D eigenvalue weighted by Crippen LogP contribution is -2.29. The molecule has 0 spiro atoms. The third kappa shape index (κ3) is 2.36. The van der Waals surface area contributed by atoms with Crippen LogP contribution >= 0.6 is 0 Å². The Morgan fingerprint density at radius 1 is 1.47 bits per heavy atom. The van der Waals surface area contributed by atoms with E-state index in [1.54, 1.807) is 18.3 Å². The Hall–Kier alpha value is -1.68. The first-order chi connectivity index (χ1) is 8.09. The fourth-order valence-electron chi connectivity index (χ4n) is 1.74. The van der Waals surface area contributed by atoms with Gasteiger partial charge in [-0.05, 0) is 6.07 Å². The molecule has 0 aliphatic carbocycles. The minimum Gasteiger partial charge on any atom is -0.358 e. The van der Waals surface area contributed by atoms with E-state index < -0.39 is 0 Å². The maximum atomic E-state index is 13.4. The average Bonchev–Trinajstić information content (AvgIpc) is 2.71. The minimum atomic E-state index is -0.335. The predicted molar refractivity (Wildman–Crippen MR) is 65.7 cm³/mol. The lowest BCUT2D eigenvalue weighted by atomic mass is 10.1. The molecule has 0 radical (unpaired) electrons. The summed E-state index contributed by atoms with van der Waals surface area (Å²) in [5, 5.41) is 3.70. The van der Waals surface area contributed by atoms with Crippen molar-refractivity contribution in [2.24, 2.45) is 0 Å². The molecule has 0 amide bonds. The second kappa shape index (κ2) is 4.67. The lowest BCUT2D eigenvalue weighted by molar-refractivity contribution is 0.0990. The van der Waals surface area contributed by atoms with E-state index in [0.717, 1.165) is 0 Å². The molecule has 1 heterocycles. The number of aromatic amines is 1. The molecule has 0 saturated carbocycles. The number of carbonyl (C=O) groups excluding carboxylic acids is 1. The molecule has 0 atom stereocenters. The van der Waals surface area contributed by atoms with E-state index in [1.165, 1.54) is 6.07 Å². The van der Waals surface area contributed by atoms with Crippen LogP contribution in [-0.4, -0.2) is 23.4 Å². The Labute approximate surface area is 99.0 Å². The van der Waals surface area contributed by atoms with E-state index >= 15 is 0 Å². The third-order valence-electron chi connectivity index (χ3n) is 2.64. The molecule has 0 fully saturated rings. The lowest BCUT2D eigenvalue weighted by Gasteiger charge is -2.06. The number of Topliss-reactive ketones (excluding diaryl/α,β-unsaturated/α-hetero) is 1. The van der Waals surface area contributed by atoms with Gasteiger partial charge in [-0.1, -0.05) is 26.0 Å². The highest BCUT2D eigenvalue weighted by Gasteiger charge is 2.13. The van der Waals surface area contributed by atoms with Gasteiger partial charge in [-0.2, -0.15) is 0 Å². The van der Waals surface area contributed by atoms with Crippen LogP contribution in [0.15, 0.2) is 24.4 Å². The molecule has 0 aliphatic heterocycles. The van der Waals surface area contributed by atoms with Crippen molar-refractivity contribution in [3.63, 3.8) is 0 Å². The summed E-state index contributed by atoms with van der Waals surface area (Å²) in [7, 11) is 0. The largest absolute Gasteiger partial charge is 0.358 e. The molecule has 0 aliphatic rings. The highest BCUT2D eigenvalue weighted by atomic mass is 19.1. The number of ketones is 1. The number of carbonyl (C=O) groups is 1. The zero-order valence-electron chi connectivity index (χ0n) is 9.88. The molecule has 90 valence electrons. The SMILES string of the molecule is CC(C)NCC(=O)c1c[nH]c2c(F)cccc12. The van der Waals surface area contributed by atoms with Crippen LogP contribution < -0.4 is 5.32 Å². The molecule has 0 saturated heterocycles. The van der Waals surface area contributed by atoms with Gasteiger partial charge in [0.25, 0.3) is 0 Å². The highest BCUT2D eigenvalue weighted by Crippen LogP contribution is 2.20. The van der Waals surface area contributed by atoms with E-state index in [4.69, 9.17) is 0 Å². The molecular formula is C13H15FN2O. The molecule has 0 bridgehead atoms. The number of nitrogens with one attached hydrogen (secondary N) is 2. The number of aromatic nitrogens is 1. The summed E-state index contributed by atoms with van der Waals surface area (Å²) in [6.45, 7) is 4.21. The first-order valence-corrected chi connectivity index (χ1v) is 5.61. The molecule has 2 N–H and O–H groups in total. The Bertz CT molecular complexity index is 545. The fraction of sp³-hybridized carbons (Fsp3) is 0.308. The summed E-state index contributed by atoms with van der Waals surface area (Å²) in [6.07, 6.45) is 1.57. The van der Waals surface area contributed by atoms with Crippen LogP contribution in [0.3, 0.4) is 0 Å². The number of benzene rings is 1. The van der Waals surface area contributed by atoms with Crippen molar-refractivity contribution in [2.75, 3.05) is 6.54 Å². The number of para-hydroxylation sites is 1. The van der Waals surface area contributed by atoms with Crippen molar-refractivity contribution < 1.29 is 9.18 Å². The quantitative estimate of drug-likeness (QED) is 0.798. The van der Waals surface area contributed by atoms with Crippen LogP contribution in [-0.2, 0) is 0 Å². The molecule has 4 heteroatoms. The molecule has 3 nitrogen and oxygen atoms in total. The first-order valence-electron chi connectivity index (χ1n) is 5.61. The Morgan fingerprint density at radius 3 is 2.94 bits per heavy atom. The standard InChI is InChI=1S/C13H15FN2O/c1-8(2)15-7-12(17)10-6-16-13-9(10)4-3-5-11(13)14/h3-6,8,15-16H,7H2,1-2H3. The Kier molecular flexibility index (Phi) is 3.24. The van der Waals surface area contributed by atoms with E-state index in [9.17, 15) is 9.18 Å². The van der Waals surface area contributed by atoms with Gasteiger partial charge in [0, 0.05) is 23.2 Å². The van der Waals surface area contributed by atoms with E-state index in [2.05, 4.69) is 10.3 Å². The number of hydrogen-bond donors (Lipinski definition) is 2. The number of halogens is 1. The minimum absolute atomic E-state index is 0.0319. The van der Waals surface area contributed by atoms with Gasteiger partial charge in [0.05, 0.1) is 12.1 Å². The average molecular weight is 234 g/mol. The number of fused-ring (bicyclic) bond motifs is 1. The Morgan fingerprint density at radius 2 is 2.24 bits per heavy atom. The van der Waals surface area contributed by atoms with Crippen molar-refractivity contribution in [1.29, 1.82) is 0 Å². The summed E-state index contributed by atoms with van der Waals surface area (Å²) in [6, 6.07) is 4.98. The van der Waals surface area contributed by atoms with Crippen molar-refractivity contribution >= 4 is 16.7 Å². The van der Waals surface area contributed by atoms with E-state index in [0.29, 0.717) is 16.5 Å². The molecular weight excluding hydrogens is 219 g/mol. The van der Waals surface area contributed by atoms with Gasteiger partial charge in [-0.3, -0.25) is 4.79 Å². The predicted octanol–water partition coefficient (Wildman–Crippen LogP) is 2.49. The number of hydrogen-bond acceptors (Lipinski definition) is 2. The third-order valence-corrected chi connectivity index (χ3v) is 2.64. The van der Waals surface area contributed by atoms with Crippen LogP contribution in [0.2, 0.25) is 0 Å². The van der Waals surface area contributed by atoms with Crippen LogP contribution in [0, 0.1) is 5.82 Å². The van der Waals surface area contributed by atoms with Gasteiger partial charge in [0.2, 0.25) is 0 Å². The van der Waals surface area contributed by atoms with Crippen LogP contribution in [0.4, 0.5) is 4.39 Å². The molecule has 1 aromatic heterocycles. The maximum Gasteiger partial charge on any atom is 0.178 e. The summed E-state index contributed by atoms with van der Waals surface area (Å²) < 4.78 is 13.4. The maximum absolute atomic E-state index is 13.4. The van der Waals surface area contributed by atoms with E-state index in [-0.39, 0.29) is 24.2 Å². The van der Waals surface area contributed by atoms with Crippen molar-refractivity contribution in [3.05, 3.63) is 35.8 Å². The summed E-state index contributed by atoms with van der Waals surface area (Å²) in [5.74, 6) is -0.367. The van der Waals surface area contributed by atoms with Gasteiger partial charge < -0.3 is 10.3 Å².